The maximum absolute atomic E-state index is 6.06. The van der Waals surface area contributed by atoms with E-state index < -0.39 is 0 Å². The fraction of sp³-hybridized carbons (Fsp3) is 0.231. The fourth-order valence-corrected chi connectivity index (χ4v) is 2.04. The van der Waals surface area contributed by atoms with Gasteiger partial charge in [0.05, 0.1) is 22.1 Å². The van der Waals surface area contributed by atoms with Gasteiger partial charge in [-0.15, -0.1) is 0 Å². The summed E-state index contributed by atoms with van der Waals surface area (Å²) in [5, 5.41) is 11.7. The van der Waals surface area contributed by atoms with Crippen LogP contribution in [0.3, 0.4) is 0 Å². The Morgan fingerprint density at radius 3 is 2.63 bits per heavy atom. The van der Waals surface area contributed by atoms with Gasteiger partial charge in [-0.25, -0.2) is 0 Å². The van der Waals surface area contributed by atoms with Crippen LogP contribution in [0.2, 0.25) is 5.02 Å². The van der Waals surface area contributed by atoms with Crippen LogP contribution in [0.5, 0.6) is 0 Å². The van der Waals surface area contributed by atoms with Crippen LogP contribution in [0.15, 0.2) is 30.5 Å². The number of aromatic nitrogens is 2. The summed E-state index contributed by atoms with van der Waals surface area (Å²) in [6, 6.07) is 7.46. The molecule has 0 saturated heterocycles. The molecular formula is C13H15ClN4S. The van der Waals surface area contributed by atoms with Gasteiger partial charge in [-0.1, -0.05) is 23.7 Å². The van der Waals surface area contributed by atoms with Gasteiger partial charge in [-0.3, -0.25) is 4.68 Å². The molecule has 0 radical (unpaired) electrons. The first kappa shape index (κ1) is 13.8. The molecule has 0 spiro atoms. The lowest BCUT2D eigenvalue weighted by Gasteiger charge is -2.10. The third kappa shape index (κ3) is 3.45. The van der Waals surface area contributed by atoms with Gasteiger partial charge in [0.1, 0.15) is 0 Å². The van der Waals surface area contributed by atoms with Crippen molar-refractivity contribution in [2.45, 2.75) is 20.4 Å². The minimum atomic E-state index is 0.492. The van der Waals surface area contributed by atoms with Crippen LogP contribution in [-0.4, -0.2) is 14.9 Å². The van der Waals surface area contributed by atoms with E-state index in [1.54, 1.807) is 0 Å². The highest BCUT2D eigenvalue weighted by Gasteiger charge is 2.07. The number of thiocarbonyl (C=S) groups is 1. The van der Waals surface area contributed by atoms with Crippen LogP contribution in [0.25, 0.3) is 0 Å². The molecule has 2 aromatic rings. The van der Waals surface area contributed by atoms with Crippen LogP contribution >= 0.6 is 23.8 Å². The van der Waals surface area contributed by atoms with E-state index in [0.29, 0.717) is 10.1 Å². The van der Waals surface area contributed by atoms with Gasteiger partial charge in [0, 0.05) is 12.7 Å². The van der Waals surface area contributed by atoms with Gasteiger partial charge in [-0.05, 0) is 38.2 Å². The number of nitrogens with zero attached hydrogens (tertiary/aromatic N) is 2. The second-order valence-electron chi connectivity index (χ2n) is 4.04. The molecule has 0 bridgehead atoms. The lowest BCUT2D eigenvalue weighted by Crippen LogP contribution is -2.19. The van der Waals surface area contributed by atoms with Gasteiger partial charge < -0.3 is 10.6 Å². The Morgan fingerprint density at radius 2 is 2.00 bits per heavy atom. The first-order valence-electron chi connectivity index (χ1n) is 5.96. The lowest BCUT2D eigenvalue weighted by molar-refractivity contribution is 0.653. The Labute approximate surface area is 122 Å². The van der Waals surface area contributed by atoms with Gasteiger partial charge in [0.2, 0.25) is 0 Å². The predicted octanol–water partition coefficient (Wildman–Crippen LogP) is 3.67. The Balaban J connectivity index is 2.05. The number of hydrogen-bond acceptors (Lipinski definition) is 2. The normalized spacial score (nSPS) is 10.3. The standard InChI is InChI=1S/C13H15ClN4S/c1-3-18-8-12(9(2)17-18)16-13(19)15-11-7-5-4-6-10(11)14/h4-8H,3H2,1-2H3,(H2,15,16,19). The van der Waals surface area contributed by atoms with Crippen LogP contribution in [0, 0.1) is 6.92 Å². The van der Waals surface area contributed by atoms with Crippen molar-refractivity contribution in [3.8, 4) is 0 Å². The Kier molecular flexibility index (Phi) is 4.39. The molecule has 0 amide bonds. The summed E-state index contributed by atoms with van der Waals surface area (Å²) in [4.78, 5) is 0. The van der Waals surface area contributed by atoms with Crippen molar-refractivity contribution in [2.75, 3.05) is 10.6 Å². The van der Waals surface area contributed by atoms with Crippen molar-refractivity contribution in [1.82, 2.24) is 9.78 Å². The zero-order chi connectivity index (χ0) is 13.8. The molecule has 2 rings (SSSR count). The highest BCUT2D eigenvalue weighted by molar-refractivity contribution is 7.80. The molecule has 6 heteroatoms. The number of hydrogen-bond donors (Lipinski definition) is 2. The van der Waals surface area contributed by atoms with Crippen LogP contribution in [0.1, 0.15) is 12.6 Å². The van der Waals surface area contributed by atoms with Gasteiger partial charge in [-0.2, -0.15) is 5.10 Å². The van der Waals surface area contributed by atoms with Crippen LogP contribution < -0.4 is 10.6 Å². The summed E-state index contributed by atoms with van der Waals surface area (Å²) >= 11 is 11.3. The molecule has 0 aliphatic carbocycles. The first-order valence-corrected chi connectivity index (χ1v) is 6.75. The molecule has 1 heterocycles. The Hall–Kier alpha value is -1.59. The lowest BCUT2D eigenvalue weighted by atomic mass is 10.3. The Bertz CT molecular complexity index is 594. The van der Waals surface area contributed by atoms with E-state index in [-0.39, 0.29) is 0 Å². The molecule has 2 N–H and O–H groups in total. The average Bonchev–Trinajstić information content (AvgIpc) is 2.73. The predicted molar refractivity (Wildman–Crippen MR) is 83.9 cm³/mol. The monoisotopic (exact) mass is 294 g/mol. The minimum absolute atomic E-state index is 0.492. The largest absolute Gasteiger partial charge is 0.331 e. The number of aryl methyl sites for hydroxylation is 2. The third-order valence-corrected chi connectivity index (χ3v) is 3.17. The van der Waals surface area contributed by atoms with E-state index in [1.165, 1.54) is 0 Å². The summed E-state index contributed by atoms with van der Waals surface area (Å²) < 4.78 is 1.86. The van der Waals surface area contributed by atoms with Crippen molar-refractivity contribution in [2.24, 2.45) is 0 Å². The molecule has 0 saturated carbocycles. The Morgan fingerprint density at radius 1 is 1.32 bits per heavy atom. The molecule has 1 aromatic carbocycles. The maximum atomic E-state index is 6.06. The van der Waals surface area contributed by atoms with Crippen molar-refractivity contribution in [1.29, 1.82) is 0 Å². The van der Waals surface area contributed by atoms with Crippen molar-refractivity contribution >= 4 is 40.3 Å². The second kappa shape index (κ2) is 6.04. The molecule has 0 aliphatic heterocycles. The van der Waals surface area contributed by atoms with E-state index in [1.807, 2.05) is 49.0 Å². The second-order valence-corrected chi connectivity index (χ2v) is 4.86. The zero-order valence-corrected chi connectivity index (χ0v) is 12.3. The minimum Gasteiger partial charge on any atom is -0.331 e. The highest BCUT2D eigenvalue weighted by Crippen LogP contribution is 2.21. The summed E-state index contributed by atoms with van der Waals surface area (Å²) in [5.74, 6) is 0. The molecule has 4 nitrogen and oxygen atoms in total. The van der Waals surface area contributed by atoms with E-state index in [4.69, 9.17) is 23.8 Å². The maximum Gasteiger partial charge on any atom is 0.175 e. The van der Waals surface area contributed by atoms with Gasteiger partial charge in [0.25, 0.3) is 0 Å². The van der Waals surface area contributed by atoms with Crippen molar-refractivity contribution in [3.05, 3.63) is 41.2 Å². The van der Waals surface area contributed by atoms with Crippen LogP contribution in [0.4, 0.5) is 11.4 Å². The van der Waals surface area contributed by atoms with E-state index in [9.17, 15) is 0 Å². The van der Waals surface area contributed by atoms with Crippen LogP contribution in [-0.2, 0) is 6.54 Å². The summed E-state index contributed by atoms with van der Waals surface area (Å²) in [6.45, 7) is 4.80. The van der Waals surface area contributed by atoms with E-state index >= 15 is 0 Å². The third-order valence-electron chi connectivity index (χ3n) is 2.64. The van der Waals surface area contributed by atoms with Crippen molar-refractivity contribution in [3.63, 3.8) is 0 Å². The number of anilines is 2. The number of benzene rings is 1. The molecule has 100 valence electrons. The molecule has 19 heavy (non-hydrogen) atoms. The van der Waals surface area contributed by atoms with E-state index in [0.717, 1.165) is 23.6 Å². The molecule has 0 unspecified atom stereocenters. The van der Waals surface area contributed by atoms with Crippen molar-refractivity contribution < 1.29 is 0 Å². The topological polar surface area (TPSA) is 41.9 Å². The number of para-hydroxylation sites is 1. The summed E-state index contributed by atoms with van der Waals surface area (Å²) in [6.07, 6.45) is 1.93. The SMILES string of the molecule is CCn1cc(NC(=S)Nc2ccccc2Cl)c(C)n1. The first-order chi connectivity index (χ1) is 9.10. The summed E-state index contributed by atoms with van der Waals surface area (Å²) in [5.41, 5.74) is 2.58. The average molecular weight is 295 g/mol. The molecule has 0 fully saturated rings. The quantitative estimate of drug-likeness (QED) is 0.848. The zero-order valence-electron chi connectivity index (χ0n) is 10.8. The molecule has 1 aromatic heterocycles. The highest BCUT2D eigenvalue weighted by atomic mass is 35.5. The summed E-state index contributed by atoms with van der Waals surface area (Å²) in [7, 11) is 0. The number of halogens is 1. The molecule has 0 atom stereocenters. The van der Waals surface area contributed by atoms with Gasteiger partial charge in [0.15, 0.2) is 5.11 Å². The fourth-order valence-electron chi connectivity index (χ4n) is 1.64. The van der Waals surface area contributed by atoms with E-state index in [2.05, 4.69) is 15.7 Å². The number of nitrogens with one attached hydrogen (secondary N) is 2. The molecular weight excluding hydrogens is 280 g/mol. The van der Waals surface area contributed by atoms with Gasteiger partial charge >= 0.3 is 0 Å². The smallest absolute Gasteiger partial charge is 0.175 e. The molecule has 0 aliphatic rings. The number of rotatable bonds is 3.